The van der Waals surface area contributed by atoms with Gasteiger partial charge in [-0.1, -0.05) is 6.92 Å². The fraction of sp³-hybridized carbons (Fsp3) is 0.400. The second-order valence-electron chi connectivity index (χ2n) is 3.33. The van der Waals surface area contributed by atoms with Gasteiger partial charge in [0.2, 0.25) is 0 Å². The van der Waals surface area contributed by atoms with E-state index in [2.05, 4.69) is 10.3 Å². The molecule has 0 saturated carbocycles. The Bertz CT molecular complexity index is 346. The van der Waals surface area contributed by atoms with Crippen LogP contribution >= 0.6 is 11.6 Å². The predicted molar refractivity (Wildman–Crippen MR) is 56.4 cm³/mol. The van der Waals surface area contributed by atoms with Gasteiger partial charge in [0, 0.05) is 18.6 Å². The van der Waals surface area contributed by atoms with Crippen molar-refractivity contribution < 1.29 is 9.18 Å². The van der Waals surface area contributed by atoms with Gasteiger partial charge in [-0.05, 0) is 12.0 Å². The number of carbonyl (C=O) groups excluding carboxylic acids is 1. The van der Waals surface area contributed by atoms with Crippen LogP contribution in [0.2, 0.25) is 0 Å². The molecule has 1 amide bonds. The van der Waals surface area contributed by atoms with Gasteiger partial charge in [0.05, 0.1) is 11.8 Å². The van der Waals surface area contributed by atoms with Crippen molar-refractivity contribution in [2.45, 2.75) is 6.92 Å². The Morgan fingerprint density at radius 3 is 3.07 bits per heavy atom. The van der Waals surface area contributed by atoms with Gasteiger partial charge in [0.15, 0.2) is 5.82 Å². The number of hydrogen-bond donors (Lipinski definition) is 1. The molecule has 0 bridgehead atoms. The predicted octanol–water partition coefficient (Wildman–Crippen LogP) is 1.83. The zero-order chi connectivity index (χ0) is 11.3. The lowest BCUT2D eigenvalue weighted by Crippen LogP contribution is -2.29. The zero-order valence-electron chi connectivity index (χ0n) is 8.34. The molecule has 0 fully saturated rings. The molecule has 0 aromatic carbocycles. The third-order valence-corrected chi connectivity index (χ3v) is 2.42. The number of halogens is 2. The normalized spacial score (nSPS) is 12.2. The molecule has 1 atom stereocenters. The Kier molecular flexibility index (Phi) is 4.49. The van der Waals surface area contributed by atoms with Crippen molar-refractivity contribution in [3.05, 3.63) is 29.8 Å². The van der Waals surface area contributed by atoms with Crippen LogP contribution < -0.4 is 5.32 Å². The van der Waals surface area contributed by atoms with E-state index < -0.39 is 11.7 Å². The number of hydrogen-bond acceptors (Lipinski definition) is 2. The van der Waals surface area contributed by atoms with E-state index in [9.17, 15) is 9.18 Å². The fourth-order valence-electron chi connectivity index (χ4n) is 0.976. The highest BCUT2D eigenvalue weighted by Crippen LogP contribution is 2.04. The summed E-state index contributed by atoms with van der Waals surface area (Å²) in [5, 5.41) is 2.60. The smallest absolute Gasteiger partial charge is 0.254 e. The average molecular weight is 231 g/mol. The molecule has 0 saturated heterocycles. The SMILES string of the molecule is CC(CCl)CNC(=O)c1ccncc1F. The molecule has 1 aromatic rings. The van der Waals surface area contributed by atoms with Gasteiger partial charge in [-0.2, -0.15) is 0 Å². The summed E-state index contributed by atoms with van der Waals surface area (Å²) in [6, 6.07) is 1.34. The van der Waals surface area contributed by atoms with Crippen LogP contribution in [0.1, 0.15) is 17.3 Å². The van der Waals surface area contributed by atoms with Crippen LogP contribution in [0.15, 0.2) is 18.5 Å². The molecule has 5 heteroatoms. The van der Waals surface area contributed by atoms with E-state index in [-0.39, 0.29) is 11.5 Å². The van der Waals surface area contributed by atoms with Crippen molar-refractivity contribution >= 4 is 17.5 Å². The van der Waals surface area contributed by atoms with E-state index in [4.69, 9.17) is 11.6 Å². The topological polar surface area (TPSA) is 42.0 Å². The van der Waals surface area contributed by atoms with Crippen LogP contribution in [-0.2, 0) is 0 Å². The highest BCUT2D eigenvalue weighted by Gasteiger charge is 2.11. The second-order valence-corrected chi connectivity index (χ2v) is 3.63. The lowest BCUT2D eigenvalue weighted by atomic mass is 10.2. The molecule has 0 aliphatic heterocycles. The number of rotatable bonds is 4. The van der Waals surface area contributed by atoms with Crippen LogP contribution in [0.5, 0.6) is 0 Å². The van der Waals surface area contributed by atoms with Gasteiger partial charge in [-0.25, -0.2) is 4.39 Å². The van der Waals surface area contributed by atoms with E-state index in [1.807, 2.05) is 6.92 Å². The van der Waals surface area contributed by atoms with Crippen molar-refractivity contribution in [2.24, 2.45) is 5.92 Å². The standard InChI is InChI=1S/C10H12ClFN2O/c1-7(4-11)5-14-10(15)8-2-3-13-6-9(8)12/h2-3,6-7H,4-5H2,1H3,(H,14,15). The van der Waals surface area contributed by atoms with Crippen molar-refractivity contribution in [1.82, 2.24) is 10.3 Å². The van der Waals surface area contributed by atoms with Crippen LogP contribution in [-0.4, -0.2) is 23.3 Å². The Labute approximate surface area is 92.7 Å². The van der Waals surface area contributed by atoms with Crippen molar-refractivity contribution in [1.29, 1.82) is 0 Å². The van der Waals surface area contributed by atoms with Gasteiger partial charge in [-0.15, -0.1) is 11.6 Å². The highest BCUT2D eigenvalue weighted by molar-refractivity contribution is 6.18. The first-order valence-corrected chi connectivity index (χ1v) is 5.12. The molecule has 0 aliphatic carbocycles. The molecule has 0 spiro atoms. The van der Waals surface area contributed by atoms with Gasteiger partial charge >= 0.3 is 0 Å². The molecule has 1 unspecified atom stereocenters. The Balaban J connectivity index is 2.58. The molecule has 1 rings (SSSR count). The zero-order valence-corrected chi connectivity index (χ0v) is 9.09. The number of amides is 1. The summed E-state index contributed by atoms with van der Waals surface area (Å²) in [4.78, 5) is 15.0. The second kappa shape index (κ2) is 5.66. The molecule has 1 N–H and O–H groups in total. The third kappa shape index (κ3) is 3.47. The molecule has 82 valence electrons. The number of nitrogens with one attached hydrogen (secondary N) is 1. The summed E-state index contributed by atoms with van der Waals surface area (Å²) in [5.74, 6) is -0.431. The quantitative estimate of drug-likeness (QED) is 0.802. The Morgan fingerprint density at radius 2 is 2.47 bits per heavy atom. The number of alkyl halides is 1. The number of carbonyl (C=O) groups is 1. The van der Waals surface area contributed by atoms with E-state index >= 15 is 0 Å². The number of aromatic nitrogens is 1. The molecule has 1 heterocycles. The van der Waals surface area contributed by atoms with Crippen molar-refractivity contribution in [2.75, 3.05) is 12.4 Å². The summed E-state index contributed by atoms with van der Waals surface area (Å²) in [6.07, 6.45) is 2.39. The molecule has 0 aliphatic rings. The minimum Gasteiger partial charge on any atom is -0.352 e. The van der Waals surface area contributed by atoms with Crippen molar-refractivity contribution in [3.63, 3.8) is 0 Å². The summed E-state index contributed by atoms with van der Waals surface area (Å²) >= 11 is 5.58. The molecule has 1 aromatic heterocycles. The third-order valence-electron chi connectivity index (χ3n) is 1.89. The lowest BCUT2D eigenvalue weighted by molar-refractivity contribution is 0.0945. The minimum absolute atomic E-state index is 0.00627. The largest absolute Gasteiger partial charge is 0.352 e. The Morgan fingerprint density at radius 1 is 1.73 bits per heavy atom. The molecular weight excluding hydrogens is 219 g/mol. The van der Waals surface area contributed by atoms with Gasteiger partial charge in [0.1, 0.15) is 0 Å². The monoisotopic (exact) mass is 230 g/mol. The van der Waals surface area contributed by atoms with Crippen LogP contribution in [0, 0.1) is 11.7 Å². The van der Waals surface area contributed by atoms with Crippen LogP contribution in [0.4, 0.5) is 4.39 Å². The first kappa shape index (κ1) is 11.9. The first-order chi connectivity index (χ1) is 7.15. The molecule has 3 nitrogen and oxygen atoms in total. The van der Waals surface area contributed by atoms with E-state index in [0.717, 1.165) is 6.20 Å². The molecular formula is C10H12ClFN2O. The molecule has 15 heavy (non-hydrogen) atoms. The maximum Gasteiger partial charge on any atom is 0.254 e. The maximum absolute atomic E-state index is 13.1. The summed E-state index contributed by atoms with van der Waals surface area (Å²) < 4.78 is 13.1. The highest BCUT2D eigenvalue weighted by atomic mass is 35.5. The van der Waals surface area contributed by atoms with Gasteiger partial charge < -0.3 is 5.32 Å². The Hall–Kier alpha value is -1.16. The van der Waals surface area contributed by atoms with Crippen LogP contribution in [0.25, 0.3) is 0 Å². The van der Waals surface area contributed by atoms with E-state index in [0.29, 0.717) is 12.4 Å². The van der Waals surface area contributed by atoms with Crippen LogP contribution in [0.3, 0.4) is 0 Å². The summed E-state index contributed by atoms with van der Waals surface area (Å²) in [5.41, 5.74) is 0.00627. The van der Waals surface area contributed by atoms with Gasteiger partial charge in [0.25, 0.3) is 5.91 Å². The summed E-state index contributed by atoms with van der Waals surface area (Å²) in [7, 11) is 0. The van der Waals surface area contributed by atoms with E-state index in [1.165, 1.54) is 12.3 Å². The van der Waals surface area contributed by atoms with Crippen molar-refractivity contribution in [3.8, 4) is 0 Å². The fourth-order valence-corrected chi connectivity index (χ4v) is 1.09. The maximum atomic E-state index is 13.1. The number of pyridine rings is 1. The van der Waals surface area contributed by atoms with E-state index in [1.54, 1.807) is 0 Å². The lowest BCUT2D eigenvalue weighted by Gasteiger charge is -2.09. The average Bonchev–Trinajstić information content (AvgIpc) is 2.26. The number of nitrogens with zero attached hydrogens (tertiary/aromatic N) is 1. The minimum atomic E-state index is -0.617. The molecule has 0 radical (unpaired) electrons. The summed E-state index contributed by atoms with van der Waals surface area (Å²) in [6.45, 7) is 2.33. The first-order valence-electron chi connectivity index (χ1n) is 4.58. The van der Waals surface area contributed by atoms with Gasteiger partial charge in [-0.3, -0.25) is 9.78 Å².